The molecule has 0 aromatic heterocycles. The minimum Gasteiger partial charge on any atom is -0.398 e. The van der Waals surface area contributed by atoms with Crippen LogP contribution in [0.3, 0.4) is 0 Å². The van der Waals surface area contributed by atoms with Gasteiger partial charge in [0, 0.05) is 6.42 Å². The number of nitrogens with one attached hydrogen (secondary N) is 2. The van der Waals surface area contributed by atoms with Gasteiger partial charge in [0.2, 0.25) is 21.8 Å². The SMILES string of the molecule is Nc1cccc(Cl)c1S(=O)(=O)NC1CCC(=O)NC1=O. The molecule has 1 heterocycles. The van der Waals surface area contributed by atoms with E-state index in [4.69, 9.17) is 17.3 Å². The number of hydrogen-bond acceptors (Lipinski definition) is 5. The molecule has 0 bridgehead atoms. The van der Waals surface area contributed by atoms with Crippen LogP contribution in [0.1, 0.15) is 12.8 Å². The summed E-state index contributed by atoms with van der Waals surface area (Å²) in [5, 5.41) is 2.03. The lowest BCUT2D eigenvalue weighted by Gasteiger charge is -2.22. The smallest absolute Gasteiger partial charge is 0.244 e. The fraction of sp³-hybridized carbons (Fsp3) is 0.273. The molecular weight excluding hydrogens is 306 g/mol. The van der Waals surface area contributed by atoms with Crippen LogP contribution in [0.4, 0.5) is 5.69 Å². The molecule has 1 unspecified atom stereocenters. The van der Waals surface area contributed by atoms with Crippen LogP contribution < -0.4 is 15.8 Å². The monoisotopic (exact) mass is 317 g/mol. The van der Waals surface area contributed by atoms with E-state index in [1.54, 1.807) is 0 Å². The summed E-state index contributed by atoms with van der Waals surface area (Å²) in [7, 11) is -4.05. The Labute approximate surface area is 120 Å². The Hall–Kier alpha value is -1.64. The topological polar surface area (TPSA) is 118 Å². The number of imide groups is 1. The van der Waals surface area contributed by atoms with E-state index >= 15 is 0 Å². The van der Waals surface area contributed by atoms with Gasteiger partial charge in [0.1, 0.15) is 10.9 Å². The molecule has 1 aliphatic rings. The van der Waals surface area contributed by atoms with Gasteiger partial charge in [-0.1, -0.05) is 17.7 Å². The quantitative estimate of drug-likeness (QED) is 0.536. The number of carbonyl (C=O) groups excluding carboxylic acids is 2. The molecule has 0 spiro atoms. The molecule has 1 fully saturated rings. The number of piperidine rings is 1. The van der Waals surface area contributed by atoms with Gasteiger partial charge >= 0.3 is 0 Å². The van der Waals surface area contributed by atoms with Gasteiger partial charge in [0.15, 0.2) is 0 Å². The van der Waals surface area contributed by atoms with Crippen LogP contribution >= 0.6 is 11.6 Å². The molecule has 1 aromatic rings. The number of halogens is 1. The average molecular weight is 318 g/mol. The predicted octanol–water partition coefficient (Wildman–Crippen LogP) is 0.00570. The molecular formula is C11H12ClN3O4S. The van der Waals surface area contributed by atoms with Crippen LogP contribution in [0.25, 0.3) is 0 Å². The molecule has 0 saturated carbocycles. The number of carbonyl (C=O) groups is 2. The van der Waals surface area contributed by atoms with Gasteiger partial charge < -0.3 is 5.73 Å². The van der Waals surface area contributed by atoms with Gasteiger partial charge in [-0.15, -0.1) is 0 Å². The highest BCUT2D eigenvalue weighted by atomic mass is 35.5. The summed E-state index contributed by atoms with van der Waals surface area (Å²) >= 11 is 5.84. The Kier molecular flexibility index (Phi) is 3.98. The van der Waals surface area contributed by atoms with Crippen LogP contribution in [0.5, 0.6) is 0 Å². The third-order valence-electron chi connectivity index (χ3n) is 2.80. The van der Waals surface area contributed by atoms with Crippen molar-refractivity contribution in [3.63, 3.8) is 0 Å². The molecule has 9 heteroatoms. The molecule has 1 atom stereocenters. The van der Waals surface area contributed by atoms with Crippen LogP contribution in [0.15, 0.2) is 23.1 Å². The summed E-state index contributed by atoms with van der Waals surface area (Å²) in [6.45, 7) is 0. The zero-order chi connectivity index (χ0) is 14.9. The van der Waals surface area contributed by atoms with Crippen molar-refractivity contribution in [1.29, 1.82) is 0 Å². The summed E-state index contributed by atoms with van der Waals surface area (Å²) in [5.74, 6) is -1.11. The largest absolute Gasteiger partial charge is 0.398 e. The molecule has 1 aromatic carbocycles. The van der Waals surface area contributed by atoms with Crippen molar-refractivity contribution in [2.75, 3.05) is 5.73 Å². The normalized spacial score (nSPS) is 19.8. The number of nitrogen functional groups attached to an aromatic ring is 1. The lowest BCUT2D eigenvalue weighted by Crippen LogP contribution is -2.52. The van der Waals surface area contributed by atoms with Crippen LogP contribution in [-0.2, 0) is 19.6 Å². The van der Waals surface area contributed by atoms with Gasteiger partial charge in [-0.3, -0.25) is 14.9 Å². The Balaban J connectivity index is 2.28. The second-order valence-electron chi connectivity index (χ2n) is 4.28. The molecule has 4 N–H and O–H groups in total. The van der Waals surface area contributed by atoms with Crippen LogP contribution in [0, 0.1) is 0 Å². The third kappa shape index (κ3) is 2.92. The Bertz CT molecular complexity index is 654. The van der Waals surface area contributed by atoms with E-state index in [1.165, 1.54) is 18.2 Å². The maximum absolute atomic E-state index is 12.2. The number of rotatable bonds is 3. The number of benzene rings is 1. The molecule has 2 rings (SSSR count). The summed E-state index contributed by atoms with van der Waals surface area (Å²) in [4.78, 5) is 22.3. The molecule has 20 heavy (non-hydrogen) atoms. The molecule has 7 nitrogen and oxygen atoms in total. The summed E-state index contributed by atoms with van der Waals surface area (Å²) in [6.07, 6.45) is 0.158. The van der Waals surface area contributed by atoms with E-state index in [9.17, 15) is 18.0 Å². The first-order chi connectivity index (χ1) is 9.31. The first-order valence-corrected chi connectivity index (χ1v) is 7.57. The second-order valence-corrected chi connectivity index (χ2v) is 6.34. The van der Waals surface area contributed by atoms with Gasteiger partial charge in [0.05, 0.1) is 10.7 Å². The lowest BCUT2D eigenvalue weighted by atomic mass is 10.1. The molecule has 1 aliphatic heterocycles. The fourth-order valence-corrected chi connectivity index (χ4v) is 3.77. The van der Waals surface area contributed by atoms with Gasteiger partial charge in [0.25, 0.3) is 0 Å². The van der Waals surface area contributed by atoms with Crippen molar-refractivity contribution in [1.82, 2.24) is 10.0 Å². The highest BCUT2D eigenvalue weighted by Crippen LogP contribution is 2.27. The number of amides is 2. The highest BCUT2D eigenvalue weighted by Gasteiger charge is 2.32. The van der Waals surface area contributed by atoms with Gasteiger partial charge in [-0.05, 0) is 18.6 Å². The van der Waals surface area contributed by atoms with Gasteiger partial charge in [-0.25, -0.2) is 8.42 Å². The third-order valence-corrected chi connectivity index (χ3v) is 4.82. The number of anilines is 1. The van der Waals surface area contributed by atoms with E-state index in [0.717, 1.165) is 0 Å². The van der Waals surface area contributed by atoms with E-state index in [1.807, 2.05) is 0 Å². The van der Waals surface area contributed by atoms with Crippen molar-refractivity contribution in [2.45, 2.75) is 23.8 Å². The molecule has 0 radical (unpaired) electrons. The number of sulfonamides is 1. The minimum atomic E-state index is -4.05. The number of hydrogen-bond donors (Lipinski definition) is 3. The molecule has 0 aliphatic carbocycles. The van der Waals surface area contributed by atoms with E-state index in [2.05, 4.69) is 10.0 Å². The van der Waals surface area contributed by atoms with Crippen molar-refractivity contribution in [3.05, 3.63) is 23.2 Å². The average Bonchev–Trinajstić information content (AvgIpc) is 2.32. The summed E-state index contributed by atoms with van der Waals surface area (Å²) in [6, 6.07) is 3.28. The Morgan fingerprint density at radius 1 is 1.35 bits per heavy atom. The molecule has 2 amide bonds. The van der Waals surface area contributed by atoms with Crippen molar-refractivity contribution >= 4 is 39.1 Å². The maximum atomic E-state index is 12.2. The second kappa shape index (κ2) is 5.39. The van der Waals surface area contributed by atoms with E-state index in [0.29, 0.717) is 0 Å². The van der Waals surface area contributed by atoms with E-state index in [-0.39, 0.29) is 28.4 Å². The summed E-state index contributed by atoms with van der Waals surface area (Å²) < 4.78 is 26.7. The van der Waals surface area contributed by atoms with Gasteiger partial charge in [-0.2, -0.15) is 4.72 Å². The van der Waals surface area contributed by atoms with Crippen molar-refractivity contribution in [3.8, 4) is 0 Å². The predicted molar refractivity (Wildman–Crippen MR) is 72.4 cm³/mol. The Morgan fingerprint density at radius 3 is 2.65 bits per heavy atom. The van der Waals surface area contributed by atoms with Crippen LogP contribution in [-0.4, -0.2) is 26.3 Å². The lowest BCUT2D eigenvalue weighted by molar-refractivity contribution is -0.134. The molecule has 1 saturated heterocycles. The van der Waals surface area contributed by atoms with Crippen LogP contribution in [0.2, 0.25) is 5.02 Å². The Morgan fingerprint density at radius 2 is 2.05 bits per heavy atom. The molecule has 108 valence electrons. The van der Waals surface area contributed by atoms with Crippen molar-refractivity contribution < 1.29 is 18.0 Å². The highest BCUT2D eigenvalue weighted by molar-refractivity contribution is 7.89. The first-order valence-electron chi connectivity index (χ1n) is 5.71. The minimum absolute atomic E-state index is 0.0164. The summed E-state index contributed by atoms with van der Waals surface area (Å²) in [5.41, 5.74) is 5.59. The van der Waals surface area contributed by atoms with E-state index < -0.39 is 27.9 Å². The maximum Gasteiger partial charge on any atom is 0.244 e. The standard InChI is InChI=1S/C11H12ClN3O4S/c12-6-2-1-3-7(13)10(6)20(18,19)15-8-4-5-9(16)14-11(8)17/h1-3,8,15H,4-5,13H2,(H,14,16,17). The zero-order valence-corrected chi connectivity index (χ0v) is 11.8. The fourth-order valence-electron chi connectivity index (χ4n) is 1.86. The van der Waals surface area contributed by atoms with Crippen molar-refractivity contribution in [2.24, 2.45) is 0 Å². The zero-order valence-electron chi connectivity index (χ0n) is 10.2. The first kappa shape index (κ1) is 14.8. The number of nitrogens with two attached hydrogens (primary N) is 1.